The number of carbonyl (C=O) groups excluding carboxylic acids is 2. The van der Waals surface area contributed by atoms with E-state index in [-0.39, 0.29) is 35.4 Å². The van der Waals surface area contributed by atoms with Crippen LogP contribution in [0.1, 0.15) is 79.6 Å². The number of allylic oxidation sites excluding steroid dienone is 1. The van der Waals surface area contributed by atoms with E-state index in [2.05, 4.69) is 19.9 Å². The molecule has 0 unspecified atom stereocenters. The van der Waals surface area contributed by atoms with Crippen LogP contribution in [0.2, 0.25) is 0 Å². The summed E-state index contributed by atoms with van der Waals surface area (Å²) in [6.07, 6.45) is 8.29. The van der Waals surface area contributed by atoms with Crippen LogP contribution in [0.4, 0.5) is 0 Å². The van der Waals surface area contributed by atoms with Crippen molar-refractivity contribution in [2.75, 3.05) is 6.61 Å². The first kappa shape index (κ1) is 22.5. The molecule has 1 aliphatic heterocycles. The molecule has 0 spiro atoms. The molecule has 5 aliphatic rings. The van der Waals surface area contributed by atoms with Gasteiger partial charge in [0.2, 0.25) is 5.78 Å². The van der Waals surface area contributed by atoms with Crippen molar-refractivity contribution in [3.05, 3.63) is 11.6 Å². The smallest absolute Gasteiger partial charge is 0.303 e. The molecule has 0 aromatic carbocycles. The van der Waals surface area contributed by atoms with Crippen molar-refractivity contribution in [2.45, 2.75) is 103 Å². The lowest BCUT2D eigenvalue weighted by molar-refractivity contribution is -0.215. The lowest BCUT2D eigenvalue weighted by atomic mass is 9.46. The van der Waals surface area contributed by atoms with Crippen LogP contribution in [-0.2, 0) is 23.8 Å². The summed E-state index contributed by atoms with van der Waals surface area (Å²) in [5.41, 5.74) is 0.139. The number of ketones is 1. The van der Waals surface area contributed by atoms with Crippen molar-refractivity contribution in [3.8, 4) is 0 Å². The molecule has 178 valence electrons. The summed E-state index contributed by atoms with van der Waals surface area (Å²) in [5, 5.41) is 10.2. The summed E-state index contributed by atoms with van der Waals surface area (Å²) in [6, 6.07) is 0. The Labute approximate surface area is 191 Å². The Hall–Kier alpha value is -1.24. The maximum atomic E-state index is 13.7. The van der Waals surface area contributed by atoms with E-state index in [4.69, 9.17) is 14.2 Å². The summed E-state index contributed by atoms with van der Waals surface area (Å²) in [5.74, 6) is -0.120. The highest BCUT2D eigenvalue weighted by Gasteiger charge is 2.75. The van der Waals surface area contributed by atoms with Crippen molar-refractivity contribution in [1.29, 1.82) is 0 Å². The number of rotatable bonds is 3. The third-order valence-corrected chi connectivity index (χ3v) is 9.89. The van der Waals surface area contributed by atoms with Gasteiger partial charge in [-0.15, -0.1) is 0 Å². The number of fused-ring (bicyclic) bond motifs is 7. The highest BCUT2D eigenvalue weighted by molar-refractivity contribution is 5.92. The first-order valence-electron chi connectivity index (χ1n) is 12.4. The number of ether oxygens (including phenoxy) is 3. The fourth-order valence-corrected chi connectivity index (χ4v) is 8.52. The fourth-order valence-electron chi connectivity index (χ4n) is 8.52. The van der Waals surface area contributed by atoms with Crippen LogP contribution in [0, 0.1) is 28.6 Å². The number of Topliss-reactive ketones (excluding diaryl/α,β-unsaturated/α-hetero) is 1. The Morgan fingerprint density at radius 2 is 1.91 bits per heavy atom. The Morgan fingerprint density at radius 3 is 2.62 bits per heavy atom. The maximum absolute atomic E-state index is 13.7. The molecule has 0 aromatic heterocycles. The predicted octanol–water partition coefficient (Wildman–Crippen LogP) is 3.94. The summed E-state index contributed by atoms with van der Waals surface area (Å²) >= 11 is 0. The first-order chi connectivity index (χ1) is 14.9. The third-order valence-electron chi connectivity index (χ3n) is 9.89. The van der Waals surface area contributed by atoms with Gasteiger partial charge in [-0.25, -0.2) is 0 Å². The second-order valence-corrected chi connectivity index (χ2v) is 11.9. The molecule has 0 radical (unpaired) electrons. The molecule has 4 aliphatic carbocycles. The number of aliphatic hydroxyl groups is 1. The lowest BCUT2D eigenvalue weighted by Crippen LogP contribution is -2.61. The van der Waals surface area contributed by atoms with Crippen molar-refractivity contribution in [2.24, 2.45) is 28.6 Å². The van der Waals surface area contributed by atoms with E-state index in [1.807, 2.05) is 13.8 Å². The second kappa shape index (κ2) is 7.13. The molecule has 6 heteroatoms. The minimum absolute atomic E-state index is 0.136. The Morgan fingerprint density at radius 1 is 1.16 bits per heavy atom. The summed E-state index contributed by atoms with van der Waals surface area (Å²) in [7, 11) is 0. The van der Waals surface area contributed by atoms with E-state index in [9.17, 15) is 14.7 Å². The van der Waals surface area contributed by atoms with Gasteiger partial charge in [-0.2, -0.15) is 0 Å². The molecule has 0 aromatic rings. The molecule has 32 heavy (non-hydrogen) atoms. The topological polar surface area (TPSA) is 82.1 Å². The van der Waals surface area contributed by atoms with Crippen LogP contribution in [0.25, 0.3) is 0 Å². The van der Waals surface area contributed by atoms with E-state index in [1.165, 1.54) is 12.5 Å². The van der Waals surface area contributed by atoms with Gasteiger partial charge in [0.1, 0.15) is 0 Å². The predicted molar refractivity (Wildman–Crippen MR) is 118 cm³/mol. The van der Waals surface area contributed by atoms with Gasteiger partial charge in [-0.3, -0.25) is 9.59 Å². The van der Waals surface area contributed by atoms with Crippen LogP contribution in [0.15, 0.2) is 11.6 Å². The van der Waals surface area contributed by atoms with Gasteiger partial charge in [-0.05, 0) is 82.0 Å². The normalized spacial score (nSPS) is 48.7. The Kier molecular flexibility index (Phi) is 5.02. The molecule has 5 rings (SSSR count). The monoisotopic (exact) mass is 446 g/mol. The molecule has 1 saturated heterocycles. The Balaban J connectivity index is 1.51. The molecular weight excluding hydrogens is 408 g/mol. The van der Waals surface area contributed by atoms with Gasteiger partial charge < -0.3 is 19.3 Å². The van der Waals surface area contributed by atoms with Crippen molar-refractivity contribution in [1.82, 2.24) is 0 Å². The van der Waals surface area contributed by atoms with Gasteiger partial charge in [-0.1, -0.05) is 25.5 Å². The fraction of sp³-hybridized carbons (Fsp3) is 0.846. The minimum atomic E-state index is -1.07. The van der Waals surface area contributed by atoms with Gasteiger partial charge >= 0.3 is 5.97 Å². The van der Waals surface area contributed by atoms with Gasteiger partial charge in [0.15, 0.2) is 18.0 Å². The average molecular weight is 447 g/mol. The summed E-state index contributed by atoms with van der Waals surface area (Å²) < 4.78 is 18.1. The standard InChI is InChI=1S/C26H38O6/c1-15(27)30-14-21(29)26-22(31-23(2,3)32-26)13-20-18-7-6-16-12-17(28)8-10-24(16,4)19(18)9-11-25(20,26)5/h6,17-20,22,28H,7-14H2,1-5H3/t17-,18+,19-,20-,22-,24-,25-,26+/m0/s1. The zero-order chi connectivity index (χ0) is 23.1. The highest BCUT2D eigenvalue weighted by atomic mass is 16.8. The molecule has 8 atom stereocenters. The molecule has 4 fully saturated rings. The number of esters is 1. The van der Waals surface area contributed by atoms with Crippen LogP contribution >= 0.6 is 0 Å². The zero-order valence-corrected chi connectivity index (χ0v) is 20.1. The molecular formula is C26H38O6. The summed E-state index contributed by atoms with van der Waals surface area (Å²) in [6.45, 7) is 9.44. The molecule has 1 N–H and O–H groups in total. The largest absolute Gasteiger partial charge is 0.458 e. The van der Waals surface area contributed by atoms with Gasteiger partial charge in [0, 0.05) is 12.3 Å². The van der Waals surface area contributed by atoms with E-state index in [0.717, 1.165) is 44.9 Å². The van der Waals surface area contributed by atoms with Crippen LogP contribution in [0.3, 0.4) is 0 Å². The molecule has 0 amide bonds. The number of carbonyl (C=O) groups is 2. The van der Waals surface area contributed by atoms with Gasteiger partial charge in [0.05, 0.1) is 12.2 Å². The zero-order valence-electron chi connectivity index (χ0n) is 20.1. The summed E-state index contributed by atoms with van der Waals surface area (Å²) in [4.78, 5) is 25.1. The van der Waals surface area contributed by atoms with Crippen molar-refractivity contribution in [3.63, 3.8) is 0 Å². The lowest BCUT2D eigenvalue weighted by Gasteiger charge is -2.59. The SMILES string of the molecule is CC(=O)OCC(=O)[C@@]12OC(C)(C)O[C@H]1C[C@H]1[C@@H]3CC=C4C[C@@H](O)CC[C@]4(C)[C@H]3CC[C@@]12C. The quantitative estimate of drug-likeness (QED) is 0.522. The minimum Gasteiger partial charge on any atom is -0.458 e. The van der Waals surface area contributed by atoms with Crippen LogP contribution in [-0.4, -0.2) is 47.1 Å². The Bertz CT molecular complexity index is 862. The van der Waals surface area contributed by atoms with E-state index < -0.39 is 17.4 Å². The number of hydrogen-bond donors (Lipinski definition) is 1. The van der Waals surface area contributed by atoms with Crippen molar-refractivity contribution >= 4 is 11.8 Å². The third kappa shape index (κ3) is 2.94. The molecule has 0 bridgehead atoms. The van der Waals surface area contributed by atoms with Gasteiger partial charge in [0.25, 0.3) is 0 Å². The molecule has 6 nitrogen and oxygen atoms in total. The number of aliphatic hydroxyl groups excluding tert-OH is 1. The molecule has 3 saturated carbocycles. The highest BCUT2D eigenvalue weighted by Crippen LogP contribution is 2.70. The van der Waals surface area contributed by atoms with E-state index >= 15 is 0 Å². The van der Waals surface area contributed by atoms with E-state index in [0.29, 0.717) is 17.8 Å². The first-order valence-corrected chi connectivity index (χ1v) is 12.4. The second-order valence-electron chi connectivity index (χ2n) is 11.9. The van der Waals surface area contributed by atoms with Crippen LogP contribution < -0.4 is 0 Å². The van der Waals surface area contributed by atoms with Crippen molar-refractivity contribution < 1.29 is 28.9 Å². The number of hydrogen-bond acceptors (Lipinski definition) is 6. The van der Waals surface area contributed by atoms with E-state index in [1.54, 1.807) is 0 Å². The van der Waals surface area contributed by atoms with Crippen LogP contribution in [0.5, 0.6) is 0 Å². The average Bonchev–Trinajstić information content (AvgIpc) is 3.12. The maximum Gasteiger partial charge on any atom is 0.303 e. The molecule has 1 heterocycles.